The van der Waals surface area contributed by atoms with Gasteiger partial charge in [-0.25, -0.2) is 9.78 Å². The highest BCUT2D eigenvalue weighted by Crippen LogP contribution is 2.19. The third-order valence-electron chi connectivity index (χ3n) is 5.67. The second-order valence-corrected chi connectivity index (χ2v) is 8.02. The maximum atomic E-state index is 12.5. The van der Waals surface area contributed by atoms with Gasteiger partial charge in [0.1, 0.15) is 5.82 Å². The summed E-state index contributed by atoms with van der Waals surface area (Å²) >= 11 is 0. The summed E-state index contributed by atoms with van der Waals surface area (Å²) in [7, 11) is 0. The number of carbonyl (C=O) groups excluding carboxylic acids is 1. The van der Waals surface area contributed by atoms with Gasteiger partial charge in [0.2, 0.25) is 0 Å². The first-order valence-corrected chi connectivity index (χ1v) is 10.7. The fraction of sp³-hybridized carbons (Fsp3) is 0.280. The summed E-state index contributed by atoms with van der Waals surface area (Å²) in [6.45, 7) is 6.30. The Bertz CT molecular complexity index is 1030. The molecular weight excluding hydrogens is 386 g/mol. The fourth-order valence-electron chi connectivity index (χ4n) is 3.84. The summed E-state index contributed by atoms with van der Waals surface area (Å²) in [4.78, 5) is 21.2. The molecule has 1 aliphatic rings. The molecule has 3 N–H and O–H groups in total. The normalized spacial score (nSPS) is 14.4. The number of rotatable bonds is 5. The molecule has 0 saturated carbocycles. The minimum Gasteiger partial charge on any atom is -0.384 e. The van der Waals surface area contributed by atoms with E-state index in [-0.39, 0.29) is 6.03 Å². The summed E-state index contributed by atoms with van der Waals surface area (Å²) in [6, 6.07) is 22.1. The molecule has 160 valence electrons. The number of nitrogens with two attached hydrogens (primary N) is 1. The Morgan fingerprint density at radius 3 is 2.45 bits per heavy atom. The Morgan fingerprint density at radius 1 is 1.00 bits per heavy atom. The molecule has 4 rings (SSSR count). The zero-order valence-corrected chi connectivity index (χ0v) is 17.9. The van der Waals surface area contributed by atoms with Crippen molar-refractivity contribution in [2.24, 2.45) is 0 Å². The van der Waals surface area contributed by atoms with Crippen molar-refractivity contribution >= 4 is 17.5 Å². The standard InChI is InChI=1S/C25H29N5O/c1-19-4-2-5-22(18-19)27-25(31)30-16-14-29(15-17-30)13-12-20-8-10-21(11-9-20)23-6-3-7-24(26)28-23/h2-11,18H,12-17H2,1H3,(H2,26,28)(H,27,31). The van der Waals surface area contributed by atoms with Crippen LogP contribution in [0.15, 0.2) is 66.7 Å². The Balaban J connectivity index is 1.23. The van der Waals surface area contributed by atoms with Crippen molar-refractivity contribution in [3.63, 3.8) is 0 Å². The monoisotopic (exact) mass is 415 g/mol. The van der Waals surface area contributed by atoms with Gasteiger partial charge in [0.05, 0.1) is 5.69 Å². The van der Waals surface area contributed by atoms with E-state index in [4.69, 9.17) is 5.73 Å². The fourth-order valence-corrected chi connectivity index (χ4v) is 3.84. The number of nitrogens with zero attached hydrogens (tertiary/aromatic N) is 3. The summed E-state index contributed by atoms with van der Waals surface area (Å²) < 4.78 is 0. The summed E-state index contributed by atoms with van der Waals surface area (Å²) in [5.74, 6) is 0.535. The van der Waals surface area contributed by atoms with Gasteiger partial charge in [0, 0.05) is 44.0 Å². The second-order valence-electron chi connectivity index (χ2n) is 8.02. The molecule has 1 fully saturated rings. The van der Waals surface area contributed by atoms with Gasteiger partial charge >= 0.3 is 6.03 Å². The number of hydrogen-bond acceptors (Lipinski definition) is 4. The molecule has 2 heterocycles. The summed E-state index contributed by atoms with van der Waals surface area (Å²) in [5, 5.41) is 3.00. The van der Waals surface area contributed by atoms with Crippen LogP contribution in [0.25, 0.3) is 11.3 Å². The first-order valence-electron chi connectivity index (χ1n) is 10.7. The Kier molecular flexibility index (Phi) is 6.48. The predicted octanol–water partition coefficient (Wildman–Crippen LogP) is 4.03. The number of nitrogens with one attached hydrogen (secondary N) is 1. The Labute approximate surface area is 183 Å². The van der Waals surface area contributed by atoms with E-state index >= 15 is 0 Å². The SMILES string of the molecule is Cc1cccc(NC(=O)N2CCN(CCc3ccc(-c4cccc(N)n4)cc3)CC2)c1. The molecule has 1 aromatic heterocycles. The number of aromatic nitrogens is 1. The number of carbonyl (C=O) groups is 1. The minimum atomic E-state index is -0.0176. The van der Waals surface area contributed by atoms with Crippen LogP contribution in [-0.2, 0) is 6.42 Å². The van der Waals surface area contributed by atoms with Crippen molar-refractivity contribution in [1.29, 1.82) is 0 Å². The molecule has 0 unspecified atom stereocenters. The minimum absolute atomic E-state index is 0.0176. The van der Waals surface area contributed by atoms with Gasteiger partial charge in [-0.2, -0.15) is 0 Å². The van der Waals surface area contributed by atoms with Crippen LogP contribution < -0.4 is 11.1 Å². The highest BCUT2D eigenvalue weighted by atomic mass is 16.2. The van der Waals surface area contributed by atoms with E-state index < -0.39 is 0 Å². The van der Waals surface area contributed by atoms with Crippen molar-refractivity contribution in [3.05, 3.63) is 77.9 Å². The average Bonchev–Trinajstić information content (AvgIpc) is 2.78. The number of urea groups is 1. The smallest absolute Gasteiger partial charge is 0.321 e. The molecule has 1 aliphatic heterocycles. The zero-order valence-electron chi connectivity index (χ0n) is 17.9. The highest BCUT2D eigenvalue weighted by molar-refractivity contribution is 5.89. The Morgan fingerprint density at radius 2 is 1.74 bits per heavy atom. The third-order valence-corrected chi connectivity index (χ3v) is 5.67. The molecule has 31 heavy (non-hydrogen) atoms. The number of pyridine rings is 1. The van der Waals surface area contributed by atoms with Crippen LogP contribution in [0.3, 0.4) is 0 Å². The van der Waals surface area contributed by atoms with Crippen LogP contribution in [0, 0.1) is 6.92 Å². The van der Waals surface area contributed by atoms with E-state index in [0.717, 1.165) is 61.7 Å². The van der Waals surface area contributed by atoms with E-state index in [0.29, 0.717) is 5.82 Å². The lowest BCUT2D eigenvalue weighted by Crippen LogP contribution is -2.50. The van der Waals surface area contributed by atoms with Gasteiger partial charge in [-0.15, -0.1) is 0 Å². The number of aryl methyl sites for hydroxylation is 1. The maximum Gasteiger partial charge on any atom is 0.321 e. The molecule has 0 radical (unpaired) electrons. The maximum absolute atomic E-state index is 12.5. The number of amides is 2. The lowest BCUT2D eigenvalue weighted by molar-refractivity contribution is 0.148. The van der Waals surface area contributed by atoms with Crippen LogP contribution in [0.5, 0.6) is 0 Å². The van der Waals surface area contributed by atoms with Crippen LogP contribution in [0.1, 0.15) is 11.1 Å². The highest BCUT2D eigenvalue weighted by Gasteiger charge is 2.21. The van der Waals surface area contributed by atoms with E-state index in [2.05, 4.69) is 39.5 Å². The van der Waals surface area contributed by atoms with Gasteiger partial charge in [0.15, 0.2) is 0 Å². The van der Waals surface area contributed by atoms with Gasteiger partial charge < -0.3 is 16.0 Å². The largest absolute Gasteiger partial charge is 0.384 e. The quantitative estimate of drug-likeness (QED) is 0.660. The number of piperazine rings is 1. The molecular formula is C25H29N5O. The Hall–Kier alpha value is -3.38. The lowest BCUT2D eigenvalue weighted by atomic mass is 10.1. The number of hydrogen-bond donors (Lipinski definition) is 2. The molecule has 2 aromatic carbocycles. The van der Waals surface area contributed by atoms with Crippen molar-refractivity contribution in [3.8, 4) is 11.3 Å². The van der Waals surface area contributed by atoms with Gasteiger partial charge in [-0.05, 0) is 48.7 Å². The third kappa shape index (κ3) is 5.61. The first-order chi connectivity index (χ1) is 15.1. The van der Waals surface area contributed by atoms with Crippen molar-refractivity contribution in [2.75, 3.05) is 43.8 Å². The van der Waals surface area contributed by atoms with Crippen LogP contribution >= 0.6 is 0 Å². The first kappa shape index (κ1) is 20.9. The molecule has 0 aliphatic carbocycles. The summed E-state index contributed by atoms with van der Waals surface area (Å²) in [6.07, 6.45) is 0.986. The van der Waals surface area contributed by atoms with Crippen molar-refractivity contribution in [1.82, 2.24) is 14.8 Å². The number of benzene rings is 2. The topological polar surface area (TPSA) is 74.5 Å². The number of anilines is 2. The van der Waals surface area contributed by atoms with E-state index in [1.807, 2.05) is 48.2 Å². The van der Waals surface area contributed by atoms with Crippen molar-refractivity contribution in [2.45, 2.75) is 13.3 Å². The van der Waals surface area contributed by atoms with E-state index in [1.54, 1.807) is 6.07 Å². The zero-order chi connectivity index (χ0) is 21.6. The van der Waals surface area contributed by atoms with Gasteiger partial charge in [-0.1, -0.05) is 42.5 Å². The van der Waals surface area contributed by atoms with Gasteiger partial charge in [-0.3, -0.25) is 4.90 Å². The molecule has 3 aromatic rings. The molecule has 0 spiro atoms. The molecule has 0 atom stereocenters. The van der Waals surface area contributed by atoms with Crippen molar-refractivity contribution < 1.29 is 4.79 Å². The van der Waals surface area contributed by atoms with E-state index in [9.17, 15) is 4.79 Å². The molecule has 6 heteroatoms. The van der Waals surface area contributed by atoms with Crippen LogP contribution in [0.2, 0.25) is 0 Å². The number of nitrogen functional groups attached to an aromatic ring is 1. The van der Waals surface area contributed by atoms with Crippen LogP contribution in [-0.4, -0.2) is 53.5 Å². The predicted molar refractivity (Wildman–Crippen MR) is 126 cm³/mol. The van der Waals surface area contributed by atoms with E-state index in [1.165, 1.54) is 5.56 Å². The average molecular weight is 416 g/mol. The summed E-state index contributed by atoms with van der Waals surface area (Å²) in [5.41, 5.74) is 11.0. The second kappa shape index (κ2) is 9.62. The molecule has 2 amide bonds. The molecule has 1 saturated heterocycles. The molecule has 6 nitrogen and oxygen atoms in total. The van der Waals surface area contributed by atoms with Crippen LogP contribution in [0.4, 0.5) is 16.3 Å². The lowest BCUT2D eigenvalue weighted by Gasteiger charge is -2.34. The van der Waals surface area contributed by atoms with Gasteiger partial charge in [0.25, 0.3) is 0 Å². The molecule has 0 bridgehead atoms.